The summed E-state index contributed by atoms with van der Waals surface area (Å²) in [5.41, 5.74) is 11.4. The fraction of sp³-hybridized carbons (Fsp3) is 0.535. The van der Waals surface area contributed by atoms with E-state index in [1.54, 1.807) is 4.90 Å². The number of fused-ring (bicyclic) bond motifs is 1. The van der Waals surface area contributed by atoms with Crippen LogP contribution in [-0.4, -0.2) is 139 Å². The molecule has 468 valence electrons. The first-order valence-corrected chi connectivity index (χ1v) is 32.3. The van der Waals surface area contributed by atoms with E-state index in [0.717, 1.165) is 162 Å². The summed E-state index contributed by atoms with van der Waals surface area (Å²) in [7, 11) is 0. The van der Waals surface area contributed by atoms with Crippen molar-refractivity contribution in [2.24, 2.45) is 5.41 Å². The molecule has 4 heterocycles. The number of aryl methyl sites for hydroxylation is 2. The molecule has 2 atom stereocenters. The number of amides is 4. The van der Waals surface area contributed by atoms with Crippen LogP contribution in [0.25, 0.3) is 27.6 Å². The van der Waals surface area contributed by atoms with E-state index in [-0.39, 0.29) is 42.3 Å². The topological polar surface area (TPSA) is 180 Å². The van der Waals surface area contributed by atoms with E-state index in [0.29, 0.717) is 49.9 Å². The number of hydrogen-bond acceptors (Lipinski definition) is 10. The van der Waals surface area contributed by atoms with Gasteiger partial charge in [-0.2, -0.15) is 0 Å². The van der Waals surface area contributed by atoms with Crippen LogP contribution in [0.5, 0.6) is 0 Å². The predicted molar refractivity (Wildman–Crippen MR) is 345 cm³/mol. The normalized spacial score (nSPS) is 17.2. The lowest BCUT2D eigenvalue weighted by Crippen LogP contribution is -2.58. The Morgan fingerprint density at radius 1 is 0.678 bits per heavy atom. The highest BCUT2D eigenvalue weighted by atomic mass is 16.5. The number of carbonyl (C=O) groups excluding carboxylic acids is 4. The lowest BCUT2D eigenvalue weighted by atomic mass is 9.85. The Morgan fingerprint density at radius 2 is 1.33 bits per heavy atom. The molecule has 5 aromatic rings. The van der Waals surface area contributed by atoms with E-state index >= 15 is 0 Å². The quantitative estimate of drug-likeness (QED) is 0.0323. The van der Waals surface area contributed by atoms with E-state index in [2.05, 4.69) is 109 Å². The number of piperazine rings is 1. The van der Waals surface area contributed by atoms with Crippen molar-refractivity contribution in [3.63, 3.8) is 0 Å². The van der Waals surface area contributed by atoms with Crippen LogP contribution in [-0.2, 0) is 48.2 Å². The van der Waals surface area contributed by atoms with E-state index in [1.165, 1.54) is 35.1 Å². The molecule has 2 aliphatic carbocycles. The summed E-state index contributed by atoms with van der Waals surface area (Å²) in [6, 6.07) is 24.4. The van der Waals surface area contributed by atoms with Gasteiger partial charge in [-0.25, -0.2) is 0 Å². The largest absolute Gasteiger partial charge is 0.381 e. The minimum atomic E-state index is -0.793. The van der Waals surface area contributed by atoms with Crippen molar-refractivity contribution >= 4 is 40.1 Å². The third-order valence-corrected chi connectivity index (χ3v) is 18.0. The van der Waals surface area contributed by atoms with Gasteiger partial charge in [0.15, 0.2) is 0 Å². The molecule has 4 aliphatic rings. The number of hydrogen-bond donors (Lipinski definition) is 4. The molecule has 2 aliphatic heterocycles. The van der Waals surface area contributed by atoms with Crippen LogP contribution in [0, 0.1) is 19.3 Å². The molecule has 1 unspecified atom stereocenters. The smallest absolute Gasteiger partial charge is 0.253 e. The first kappa shape index (κ1) is 64.8. The maximum absolute atomic E-state index is 14.0. The number of aromatic amines is 1. The molecule has 16 heteroatoms. The molecule has 9 rings (SSSR count). The maximum Gasteiger partial charge on any atom is 0.253 e. The number of pyridine rings is 1. The van der Waals surface area contributed by atoms with Crippen molar-refractivity contribution in [1.29, 1.82) is 0 Å². The van der Waals surface area contributed by atoms with Crippen LogP contribution in [0.2, 0.25) is 0 Å². The van der Waals surface area contributed by atoms with Gasteiger partial charge in [-0.05, 0) is 166 Å². The summed E-state index contributed by atoms with van der Waals surface area (Å²) >= 11 is 0. The summed E-state index contributed by atoms with van der Waals surface area (Å²) in [6.45, 7) is 21.9. The van der Waals surface area contributed by atoms with E-state index in [1.807, 2.05) is 58.9 Å². The Labute approximate surface area is 515 Å². The third-order valence-electron chi connectivity index (χ3n) is 18.0. The number of carbonyl (C=O) groups is 4. The lowest BCUT2D eigenvalue weighted by Gasteiger charge is -2.35. The number of likely N-dealkylation sites (tertiary alicyclic amines) is 1. The molecule has 4 N–H and O–H groups in total. The van der Waals surface area contributed by atoms with Crippen molar-refractivity contribution in [2.75, 3.05) is 78.9 Å². The number of ether oxygens (including phenoxy) is 3. The first-order chi connectivity index (χ1) is 42.1. The number of benzene rings is 3. The fourth-order valence-electron chi connectivity index (χ4n) is 12.9. The van der Waals surface area contributed by atoms with Gasteiger partial charge in [0.1, 0.15) is 18.7 Å². The average molecular weight is 1190 g/mol. The highest BCUT2D eigenvalue weighted by Crippen LogP contribution is 2.37. The summed E-state index contributed by atoms with van der Waals surface area (Å²) in [6.07, 6.45) is 19.2. The molecule has 0 radical (unpaired) electrons. The number of aromatic nitrogens is 2. The predicted octanol–water partition coefficient (Wildman–Crippen LogP) is 10.7. The number of nitrogens with zero attached hydrogens (tertiary/aromatic N) is 4. The maximum atomic E-state index is 14.0. The summed E-state index contributed by atoms with van der Waals surface area (Å²) in [5, 5.41) is 10.00. The molecule has 2 saturated heterocycles. The van der Waals surface area contributed by atoms with Gasteiger partial charge in [-0.1, -0.05) is 94.3 Å². The molecule has 16 nitrogen and oxygen atoms in total. The molecule has 1 saturated carbocycles. The number of unbranched alkanes of at least 4 members (excludes halogenated alkanes) is 4. The second-order valence-electron chi connectivity index (χ2n) is 25.7. The van der Waals surface area contributed by atoms with Gasteiger partial charge in [0.05, 0.1) is 6.61 Å². The third kappa shape index (κ3) is 18.0. The van der Waals surface area contributed by atoms with Gasteiger partial charge in [-0.15, -0.1) is 0 Å². The molecule has 3 aromatic carbocycles. The number of rotatable bonds is 30. The summed E-state index contributed by atoms with van der Waals surface area (Å²) in [4.78, 5) is 76.8. The average Bonchev–Trinajstić information content (AvgIpc) is 3.66. The standard InChI is InChI=1S/C71H96N8O8/c1-50-17-15-20-59(50)56-28-22-53(23-29-56)46-72-69(83)63-21-16-31-79(63)70(84)66(71(4,5)6)75-65(80)49-87-41-14-8-12-39-85-38-11-7-13-40-86-42-37-76-33-35-77(36-34-76)48-54-24-26-55(27-25-54)57-44-61(60-30-32-78(64(60)45-57)58-18-9-10-19-58)67(81)73-47-62-51(2)43-52(3)74-68(62)82/h15,17,22-30,32,43-45,58,63,66H,7-14,16,18-21,31,33-42,46-49H2,1-6H3,(H,72,83)(H,73,81)(H,74,82)(H,75,80)/t63-,66?/m0/s1. The Balaban J connectivity index is 0.589. The number of nitrogens with one attached hydrogen (secondary N) is 4. The molecule has 3 fully saturated rings. The monoisotopic (exact) mass is 1190 g/mol. The molecule has 0 spiro atoms. The van der Waals surface area contributed by atoms with Gasteiger partial charge in [0, 0.05) is 125 Å². The SMILES string of the molecule is CC1=C(c2ccc(CNC(=O)[C@@H]3CCCN3C(=O)C(NC(=O)COCCCCCOCCCCCOCCN3CCN(Cc4ccc(-c5cc(C(=O)NCc6c(C)cc(C)[nH]c6=O)c6ccn(C7CCCC7)c6c5)cc4)CC3)C(C)(C)C)cc2)CC=C1. The highest BCUT2D eigenvalue weighted by molar-refractivity contribution is 6.08. The van der Waals surface area contributed by atoms with Crippen molar-refractivity contribution in [3.8, 4) is 11.1 Å². The number of H-pyrrole nitrogens is 1. The van der Waals surface area contributed by atoms with E-state index < -0.39 is 17.5 Å². The van der Waals surface area contributed by atoms with Gasteiger partial charge in [0.25, 0.3) is 11.5 Å². The fourth-order valence-corrected chi connectivity index (χ4v) is 12.9. The Bertz CT molecular complexity index is 3230. The highest BCUT2D eigenvalue weighted by Gasteiger charge is 2.42. The Kier molecular flexibility index (Phi) is 23.4. The van der Waals surface area contributed by atoms with Crippen LogP contribution in [0.3, 0.4) is 0 Å². The number of allylic oxidation sites excluding steroid dienone is 4. The first-order valence-electron chi connectivity index (χ1n) is 32.3. The minimum Gasteiger partial charge on any atom is -0.381 e. The second-order valence-corrected chi connectivity index (χ2v) is 25.7. The van der Waals surface area contributed by atoms with Crippen LogP contribution < -0.4 is 21.5 Å². The molecular weight excluding hydrogens is 1090 g/mol. The zero-order chi connectivity index (χ0) is 61.3. The van der Waals surface area contributed by atoms with Gasteiger partial charge >= 0.3 is 0 Å². The van der Waals surface area contributed by atoms with Crippen molar-refractivity contribution in [1.82, 2.24) is 40.2 Å². The van der Waals surface area contributed by atoms with Crippen LogP contribution in [0.4, 0.5) is 0 Å². The van der Waals surface area contributed by atoms with Crippen LogP contribution in [0.1, 0.15) is 161 Å². The second kappa shape index (κ2) is 31.5. The van der Waals surface area contributed by atoms with Crippen LogP contribution >= 0.6 is 0 Å². The van der Waals surface area contributed by atoms with E-state index in [9.17, 15) is 24.0 Å². The van der Waals surface area contributed by atoms with Crippen molar-refractivity contribution in [3.05, 3.63) is 146 Å². The molecule has 2 aromatic heterocycles. The van der Waals surface area contributed by atoms with Crippen molar-refractivity contribution in [2.45, 2.75) is 163 Å². The summed E-state index contributed by atoms with van der Waals surface area (Å²) in [5.74, 6) is -0.931. The molecular formula is C71H96N8O8. The minimum absolute atomic E-state index is 0.127. The van der Waals surface area contributed by atoms with Gasteiger partial charge in [0.2, 0.25) is 17.7 Å². The Hall–Kier alpha value is -6.69. The van der Waals surface area contributed by atoms with Gasteiger partial charge in [-0.3, -0.25) is 33.8 Å². The Morgan fingerprint density at radius 3 is 2.00 bits per heavy atom. The molecule has 0 bridgehead atoms. The van der Waals surface area contributed by atoms with E-state index in [4.69, 9.17) is 14.2 Å². The molecule has 4 amide bonds. The van der Waals surface area contributed by atoms with Gasteiger partial charge < -0.3 is 44.6 Å². The summed E-state index contributed by atoms with van der Waals surface area (Å²) < 4.78 is 20.0. The zero-order valence-corrected chi connectivity index (χ0v) is 52.7. The molecule has 87 heavy (non-hydrogen) atoms. The van der Waals surface area contributed by atoms with Crippen molar-refractivity contribution < 1.29 is 33.4 Å². The van der Waals surface area contributed by atoms with Crippen LogP contribution in [0.15, 0.2) is 102 Å². The zero-order valence-electron chi connectivity index (χ0n) is 52.7. The lowest BCUT2D eigenvalue weighted by molar-refractivity contribution is -0.144.